The number of hydrogen-bond acceptors (Lipinski definition) is 4. The van der Waals surface area contributed by atoms with Gasteiger partial charge in [0.2, 0.25) is 5.91 Å². The molecule has 1 aromatic carbocycles. The molecule has 24 heavy (non-hydrogen) atoms. The zero-order valence-corrected chi connectivity index (χ0v) is 14.1. The van der Waals surface area contributed by atoms with Gasteiger partial charge in [0.15, 0.2) is 5.78 Å². The molecule has 0 spiro atoms. The van der Waals surface area contributed by atoms with E-state index in [1.54, 1.807) is 11.8 Å². The molecule has 0 saturated carbocycles. The molecule has 2 aliphatic rings. The Bertz CT molecular complexity index is 681. The third-order valence-corrected chi connectivity index (χ3v) is 5.07. The second-order valence-corrected chi connectivity index (χ2v) is 7.07. The van der Waals surface area contributed by atoms with E-state index in [2.05, 4.69) is 0 Å². The minimum atomic E-state index is -0.459. The molecule has 1 amide bonds. The van der Waals surface area contributed by atoms with E-state index in [9.17, 15) is 14.4 Å². The van der Waals surface area contributed by atoms with Crippen molar-refractivity contribution >= 4 is 17.5 Å². The second-order valence-electron chi connectivity index (χ2n) is 7.07. The van der Waals surface area contributed by atoms with Crippen molar-refractivity contribution in [3.63, 3.8) is 0 Å². The number of amides is 1. The fraction of sp³-hybridized carbons (Fsp3) is 0.526. The number of ketones is 2. The molecule has 2 atom stereocenters. The summed E-state index contributed by atoms with van der Waals surface area (Å²) < 4.78 is 0. The van der Waals surface area contributed by atoms with Gasteiger partial charge in [-0.2, -0.15) is 0 Å². The van der Waals surface area contributed by atoms with Crippen LogP contribution in [0.4, 0.5) is 0 Å². The number of benzene rings is 1. The van der Waals surface area contributed by atoms with Crippen LogP contribution in [0.25, 0.3) is 0 Å². The van der Waals surface area contributed by atoms with E-state index in [4.69, 9.17) is 5.73 Å². The van der Waals surface area contributed by atoms with Gasteiger partial charge in [-0.1, -0.05) is 12.1 Å². The zero-order valence-electron chi connectivity index (χ0n) is 14.1. The highest BCUT2D eigenvalue weighted by Crippen LogP contribution is 2.24. The van der Waals surface area contributed by atoms with Crippen LogP contribution < -0.4 is 5.73 Å². The number of carbonyl (C=O) groups is 3. The SMILES string of the molecule is C[C@@H](N)C(=O)N1CC[C@@H](CCC(=O)c2ccc3c(c2)CC(=O)C3)C1. The number of nitrogens with two attached hydrogens (primary N) is 1. The van der Waals surface area contributed by atoms with Gasteiger partial charge in [0.05, 0.1) is 6.04 Å². The molecule has 3 rings (SSSR count). The average molecular weight is 328 g/mol. The van der Waals surface area contributed by atoms with E-state index in [-0.39, 0.29) is 17.5 Å². The molecule has 1 saturated heterocycles. The number of Topliss-reactive ketones (excluding diaryl/α,β-unsaturated/α-hetero) is 2. The van der Waals surface area contributed by atoms with Gasteiger partial charge >= 0.3 is 0 Å². The van der Waals surface area contributed by atoms with E-state index in [0.29, 0.717) is 37.3 Å². The lowest BCUT2D eigenvalue weighted by molar-refractivity contribution is -0.131. The maximum Gasteiger partial charge on any atom is 0.239 e. The zero-order chi connectivity index (χ0) is 17.3. The Labute approximate surface area is 142 Å². The predicted octanol–water partition coefficient (Wildman–Crippen LogP) is 1.51. The summed E-state index contributed by atoms with van der Waals surface area (Å²) in [6.07, 6.45) is 3.16. The molecular formula is C19H24N2O3. The molecule has 1 aliphatic heterocycles. The Morgan fingerprint density at radius 3 is 2.79 bits per heavy atom. The first kappa shape index (κ1) is 16.8. The monoisotopic (exact) mass is 328 g/mol. The van der Waals surface area contributed by atoms with Gasteiger partial charge < -0.3 is 10.6 Å². The minimum Gasteiger partial charge on any atom is -0.341 e. The summed E-state index contributed by atoms with van der Waals surface area (Å²) in [6, 6.07) is 5.16. The lowest BCUT2D eigenvalue weighted by Crippen LogP contribution is -2.40. The molecule has 128 valence electrons. The molecule has 0 unspecified atom stereocenters. The standard InChI is InChI=1S/C19H24N2O3/c1-12(20)19(24)21-7-6-13(11-21)2-5-18(23)15-4-3-14-9-17(22)10-16(14)8-15/h3-4,8,12-13H,2,5-7,9-11,20H2,1H3/t12-,13-/m1/s1. The van der Waals surface area contributed by atoms with Gasteiger partial charge in [-0.05, 0) is 42.9 Å². The molecule has 2 N–H and O–H groups in total. The number of fused-ring (bicyclic) bond motifs is 1. The number of likely N-dealkylation sites (tertiary alicyclic amines) is 1. The number of rotatable bonds is 5. The van der Waals surface area contributed by atoms with Crippen LogP contribution in [0.15, 0.2) is 18.2 Å². The van der Waals surface area contributed by atoms with Gasteiger partial charge in [0, 0.05) is 37.9 Å². The van der Waals surface area contributed by atoms with E-state index in [1.165, 1.54) is 0 Å². The highest BCUT2D eigenvalue weighted by Gasteiger charge is 2.28. The van der Waals surface area contributed by atoms with Gasteiger partial charge in [-0.15, -0.1) is 0 Å². The summed E-state index contributed by atoms with van der Waals surface area (Å²) in [5.74, 6) is 0.702. The van der Waals surface area contributed by atoms with E-state index < -0.39 is 6.04 Å². The Balaban J connectivity index is 1.53. The van der Waals surface area contributed by atoms with E-state index in [1.807, 2.05) is 18.2 Å². The minimum absolute atomic E-state index is 0.00730. The maximum absolute atomic E-state index is 12.4. The van der Waals surface area contributed by atoms with Crippen LogP contribution in [-0.2, 0) is 22.4 Å². The lowest BCUT2D eigenvalue weighted by Gasteiger charge is -2.18. The lowest BCUT2D eigenvalue weighted by atomic mass is 9.96. The van der Waals surface area contributed by atoms with Crippen LogP contribution in [0.1, 0.15) is 47.7 Å². The Morgan fingerprint density at radius 2 is 2.04 bits per heavy atom. The molecule has 5 nitrogen and oxygen atoms in total. The Hall–Kier alpha value is -2.01. The van der Waals surface area contributed by atoms with Crippen LogP contribution >= 0.6 is 0 Å². The summed E-state index contributed by atoms with van der Waals surface area (Å²) in [7, 11) is 0. The normalized spacial score (nSPS) is 21.0. The smallest absolute Gasteiger partial charge is 0.239 e. The van der Waals surface area contributed by atoms with Gasteiger partial charge in [-0.3, -0.25) is 14.4 Å². The first-order chi connectivity index (χ1) is 11.4. The van der Waals surface area contributed by atoms with Crippen LogP contribution in [0, 0.1) is 5.92 Å². The van der Waals surface area contributed by atoms with Crippen LogP contribution in [0.3, 0.4) is 0 Å². The van der Waals surface area contributed by atoms with Gasteiger partial charge in [0.1, 0.15) is 5.78 Å². The summed E-state index contributed by atoms with van der Waals surface area (Å²) in [5.41, 5.74) is 8.40. The molecular weight excluding hydrogens is 304 g/mol. The molecule has 1 aromatic rings. The Kier molecular flexibility index (Phi) is 4.81. The maximum atomic E-state index is 12.4. The quantitative estimate of drug-likeness (QED) is 0.831. The van der Waals surface area contributed by atoms with Gasteiger partial charge in [0.25, 0.3) is 0 Å². The fourth-order valence-corrected chi connectivity index (χ4v) is 3.66. The van der Waals surface area contributed by atoms with E-state index >= 15 is 0 Å². The molecule has 0 aromatic heterocycles. The largest absolute Gasteiger partial charge is 0.341 e. The predicted molar refractivity (Wildman–Crippen MR) is 90.8 cm³/mol. The van der Waals surface area contributed by atoms with Crippen molar-refractivity contribution in [2.45, 2.75) is 45.1 Å². The molecule has 1 heterocycles. The van der Waals surface area contributed by atoms with Crippen LogP contribution in [-0.4, -0.2) is 41.5 Å². The van der Waals surface area contributed by atoms with Crippen molar-refractivity contribution in [3.05, 3.63) is 34.9 Å². The first-order valence-electron chi connectivity index (χ1n) is 8.65. The molecule has 1 fully saturated rings. The number of carbonyl (C=O) groups excluding carboxylic acids is 3. The number of hydrogen-bond donors (Lipinski definition) is 1. The molecule has 0 bridgehead atoms. The van der Waals surface area contributed by atoms with Crippen molar-refractivity contribution in [2.75, 3.05) is 13.1 Å². The highest BCUT2D eigenvalue weighted by atomic mass is 16.2. The van der Waals surface area contributed by atoms with Crippen LogP contribution in [0.2, 0.25) is 0 Å². The average Bonchev–Trinajstić information content (AvgIpc) is 3.16. The van der Waals surface area contributed by atoms with E-state index in [0.717, 1.165) is 30.5 Å². The highest BCUT2D eigenvalue weighted by molar-refractivity contribution is 5.97. The Morgan fingerprint density at radius 1 is 1.29 bits per heavy atom. The third-order valence-electron chi connectivity index (χ3n) is 5.07. The van der Waals surface area contributed by atoms with Crippen molar-refractivity contribution < 1.29 is 14.4 Å². The molecule has 5 heteroatoms. The van der Waals surface area contributed by atoms with Crippen molar-refractivity contribution in [2.24, 2.45) is 11.7 Å². The summed E-state index contributed by atoms with van der Waals surface area (Å²) >= 11 is 0. The summed E-state index contributed by atoms with van der Waals surface area (Å²) in [6.45, 7) is 3.14. The topological polar surface area (TPSA) is 80.5 Å². The van der Waals surface area contributed by atoms with Gasteiger partial charge in [-0.25, -0.2) is 0 Å². The summed E-state index contributed by atoms with van der Waals surface area (Å²) in [4.78, 5) is 37.6. The van der Waals surface area contributed by atoms with Crippen molar-refractivity contribution in [1.82, 2.24) is 4.90 Å². The molecule has 1 aliphatic carbocycles. The fourth-order valence-electron chi connectivity index (χ4n) is 3.66. The number of nitrogens with zero attached hydrogens (tertiary/aromatic N) is 1. The van der Waals surface area contributed by atoms with Crippen molar-refractivity contribution in [3.8, 4) is 0 Å². The second kappa shape index (κ2) is 6.85. The molecule has 0 radical (unpaired) electrons. The summed E-state index contributed by atoms with van der Waals surface area (Å²) in [5, 5.41) is 0. The third kappa shape index (κ3) is 3.56. The first-order valence-corrected chi connectivity index (χ1v) is 8.65. The van der Waals surface area contributed by atoms with Crippen molar-refractivity contribution in [1.29, 1.82) is 0 Å². The van der Waals surface area contributed by atoms with Crippen LogP contribution in [0.5, 0.6) is 0 Å².